The molecule has 2 atom stereocenters. The summed E-state index contributed by atoms with van der Waals surface area (Å²) in [4.78, 5) is 0. The zero-order chi connectivity index (χ0) is 8.73. The molecular formula is C11H20N2. The standard InChI is InChI=1S/C11H20N2/c1-4-12-5-2-9(1)10-7-11(10)3-6-13-8-11/h9-10,12-13H,1-8H2. The predicted molar refractivity (Wildman–Crippen MR) is 53.6 cm³/mol. The Hall–Kier alpha value is -0.0800. The lowest BCUT2D eigenvalue weighted by Crippen LogP contribution is -2.30. The molecule has 0 aromatic heterocycles. The molecule has 0 aromatic carbocycles. The van der Waals surface area contributed by atoms with Crippen LogP contribution in [0.15, 0.2) is 0 Å². The fourth-order valence-electron chi connectivity index (χ4n) is 3.55. The van der Waals surface area contributed by atoms with Gasteiger partial charge in [0.2, 0.25) is 0 Å². The normalized spacial score (nSPS) is 45.7. The quantitative estimate of drug-likeness (QED) is 0.629. The third-order valence-electron chi connectivity index (χ3n) is 4.48. The first kappa shape index (κ1) is 8.25. The molecule has 2 heterocycles. The van der Waals surface area contributed by atoms with Gasteiger partial charge >= 0.3 is 0 Å². The molecule has 2 unspecified atom stereocenters. The van der Waals surface area contributed by atoms with E-state index in [1.54, 1.807) is 0 Å². The molecule has 3 fully saturated rings. The maximum atomic E-state index is 3.53. The summed E-state index contributed by atoms with van der Waals surface area (Å²) in [6.45, 7) is 5.14. The topological polar surface area (TPSA) is 24.1 Å². The molecule has 2 heteroatoms. The van der Waals surface area contributed by atoms with Gasteiger partial charge in [-0.2, -0.15) is 0 Å². The van der Waals surface area contributed by atoms with Crippen LogP contribution in [0.4, 0.5) is 0 Å². The predicted octanol–water partition coefficient (Wildman–Crippen LogP) is 0.986. The highest BCUT2D eigenvalue weighted by Gasteiger charge is 2.57. The van der Waals surface area contributed by atoms with E-state index in [2.05, 4.69) is 10.6 Å². The van der Waals surface area contributed by atoms with E-state index in [-0.39, 0.29) is 0 Å². The van der Waals surface area contributed by atoms with Crippen LogP contribution in [-0.4, -0.2) is 26.2 Å². The Bertz CT molecular complexity index is 190. The average Bonchev–Trinajstić information content (AvgIpc) is 2.66. The first-order chi connectivity index (χ1) is 6.41. The molecule has 3 rings (SSSR count). The smallest absolute Gasteiger partial charge is 0.00112 e. The zero-order valence-electron chi connectivity index (χ0n) is 8.31. The summed E-state index contributed by atoms with van der Waals surface area (Å²) in [7, 11) is 0. The van der Waals surface area contributed by atoms with Crippen LogP contribution in [-0.2, 0) is 0 Å². The summed E-state index contributed by atoms with van der Waals surface area (Å²) in [6.07, 6.45) is 5.87. The largest absolute Gasteiger partial charge is 0.317 e. The van der Waals surface area contributed by atoms with Crippen LogP contribution in [0.2, 0.25) is 0 Å². The van der Waals surface area contributed by atoms with Crippen LogP contribution in [0, 0.1) is 17.3 Å². The van der Waals surface area contributed by atoms with Crippen molar-refractivity contribution in [3.05, 3.63) is 0 Å². The molecule has 3 aliphatic rings. The Balaban J connectivity index is 1.61. The summed E-state index contributed by atoms with van der Waals surface area (Å²) in [6, 6.07) is 0. The second-order valence-corrected chi connectivity index (χ2v) is 5.19. The highest BCUT2D eigenvalue weighted by molar-refractivity contribution is 5.09. The number of hydrogen-bond acceptors (Lipinski definition) is 2. The molecule has 1 spiro atoms. The molecule has 2 aliphatic heterocycles. The highest BCUT2D eigenvalue weighted by atomic mass is 15.0. The molecule has 2 nitrogen and oxygen atoms in total. The van der Waals surface area contributed by atoms with Crippen LogP contribution in [0.5, 0.6) is 0 Å². The lowest BCUT2D eigenvalue weighted by Gasteiger charge is -2.24. The van der Waals surface area contributed by atoms with Gasteiger partial charge in [0.1, 0.15) is 0 Å². The molecule has 0 aromatic rings. The maximum Gasteiger partial charge on any atom is 0.00112 e. The van der Waals surface area contributed by atoms with Crippen molar-refractivity contribution >= 4 is 0 Å². The van der Waals surface area contributed by atoms with Crippen molar-refractivity contribution < 1.29 is 0 Å². The van der Waals surface area contributed by atoms with Crippen molar-refractivity contribution in [2.24, 2.45) is 17.3 Å². The second-order valence-electron chi connectivity index (χ2n) is 5.19. The molecule has 0 radical (unpaired) electrons. The summed E-state index contributed by atoms with van der Waals surface area (Å²) < 4.78 is 0. The third-order valence-corrected chi connectivity index (χ3v) is 4.48. The minimum atomic E-state index is 0.780. The zero-order valence-corrected chi connectivity index (χ0v) is 8.31. The summed E-state index contributed by atoms with van der Waals surface area (Å²) in [5, 5.41) is 6.99. The van der Waals surface area contributed by atoms with Crippen LogP contribution >= 0.6 is 0 Å². The molecule has 1 aliphatic carbocycles. The maximum absolute atomic E-state index is 3.53. The van der Waals surface area contributed by atoms with Gasteiger partial charge in [-0.25, -0.2) is 0 Å². The third kappa shape index (κ3) is 1.31. The van der Waals surface area contributed by atoms with Crippen molar-refractivity contribution in [2.75, 3.05) is 26.2 Å². The molecule has 2 saturated heterocycles. The van der Waals surface area contributed by atoms with Gasteiger partial charge in [0.15, 0.2) is 0 Å². The minimum absolute atomic E-state index is 0.780. The molecule has 2 N–H and O–H groups in total. The molecule has 1 saturated carbocycles. The minimum Gasteiger partial charge on any atom is -0.317 e. The van der Waals surface area contributed by atoms with E-state index in [1.165, 1.54) is 51.9 Å². The van der Waals surface area contributed by atoms with Gasteiger partial charge in [-0.1, -0.05) is 0 Å². The number of piperidine rings is 1. The van der Waals surface area contributed by atoms with E-state index >= 15 is 0 Å². The molecule has 74 valence electrons. The van der Waals surface area contributed by atoms with Crippen molar-refractivity contribution in [3.8, 4) is 0 Å². The fraction of sp³-hybridized carbons (Fsp3) is 1.00. The fourth-order valence-corrected chi connectivity index (χ4v) is 3.55. The summed E-state index contributed by atoms with van der Waals surface area (Å²) >= 11 is 0. The van der Waals surface area contributed by atoms with E-state index in [0.29, 0.717) is 0 Å². The van der Waals surface area contributed by atoms with E-state index in [9.17, 15) is 0 Å². The highest BCUT2D eigenvalue weighted by Crippen LogP contribution is 2.61. The van der Waals surface area contributed by atoms with Gasteiger partial charge in [0, 0.05) is 6.54 Å². The number of rotatable bonds is 1. The van der Waals surface area contributed by atoms with Gasteiger partial charge in [0.25, 0.3) is 0 Å². The van der Waals surface area contributed by atoms with Gasteiger partial charge in [-0.3, -0.25) is 0 Å². The molecular weight excluding hydrogens is 160 g/mol. The molecule has 0 amide bonds. The lowest BCUT2D eigenvalue weighted by atomic mass is 9.87. The van der Waals surface area contributed by atoms with Gasteiger partial charge < -0.3 is 10.6 Å². The van der Waals surface area contributed by atoms with Crippen LogP contribution in [0.3, 0.4) is 0 Å². The Kier molecular flexibility index (Phi) is 1.88. The summed E-state index contributed by atoms with van der Waals surface area (Å²) in [5.74, 6) is 2.14. The Morgan fingerprint density at radius 2 is 1.85 bits per heavy atom. The van der Waals surface area contributed by atoms with E-state index in [0.717, 1.165) is 17.3 Å². The van der Waals surface area contributed by atoms with Crippen molar-refractivity contribution in [2.45, 2.75) is 25.7 Å². The van der Waals surface area contributed by atoms with E-state index < -0.39 is 0 Å². The Morgan fingerprint density at radius 3 is 2.54 bits per heavy atom. The lowest BCUT2D eigenvalue weighted by molar-refractivity contribution is 0.295. The van der Waals surface area contributed by atoms with Gasteiger partial charge in [-0.15, -0.1) is 0 Å². The number of nitrogens with one attached hydrogen (secondary N) is 2. The Labute approximate surface area is 80.5 Å². The van der Waals surface area contributed by atoms with E-state index in [4.69, 9.17) is 0 Å². The molecule has 0 bridgehead atoms. The Morgan fingerprint density at radius 1 is 1.00 bits per heavy atom. The van der Waals surface area contributed by atoms with Crippen LogP contribution in [0.1, 0.15) is 25.7 Å². The van der Waals surface area contributed by atoms with Crippen LogP contribution in [0.25, 0.3) is 0 Å². The van der Waals surface area contributed by atoms with Crippen molar-refractivity contribution in [1.29, 1.82) is 0 Å². The van der Waals surface area contributed by atoms with Crippen LogP contribution < -0.4 is 10.6 Å². The number of hydrogen-bond donors (Lipinski definition) is 2. The van der Waals surface area contributed by atoms with Gasteiger partial charge in [0.05, 0.1) is 0 Å². The monoisotopic (exact) mass is 180 g/mol. The first-order valence-corrected chi connectivity index (χ1v) is 5.82. The molecule has 13 heavy (non-hydrogen) atoms. The SMILES string of the molecule is C1CC(C2CC23CCNC3)CCN1. The summed E-state index contributed by atoms with van der Waals surface area (Å²) in [5.41, 5.74) is 0.780. The first-order valence-electron chi connectivity index (χ1n) is 5.82. The average molecular weight is 180 g/mol. The van der Waals surface area contributed by atoms with E-state index in [1.807, 2.05) is 0 Å². The van der Waals surface area contributed by atoms with Gasteiger partial charge in [-0.05, 0) is 62.6 Å². The second kappa shape index (κ2) is 2.96. The van der Waals surface area contributed by atoms with Crippen molar-refractivity contribution in [1.82, 2.24) is 10.6 Å². The van der Waals surface area contributed by atoms with Crippen molar-refractivity contribution in [3.63, 3.8) is 0 Å².